The molecule has 1 aromatic rings. The van der Waals surface area contributed by atoms with E-state index in [9.17, 15) is 4.79 Å². The normalized spacial score (nSPS) is 17.8. The monoisotopic (exact) mass is 231 g/mol. The maximum Gasteiger partial charge on any atom is 0.270 e. The van der Waals surface area contributed by atoms with Gasteiger partial charge in [-0.05, 0) is 19.9 Å². The first-order valence-electron chi connectivity index (χ1n) is 5.33. The van der Waals surface area contributed by atoms with E-state index in [0.717, 1.165) is 10.9 Å². The fourth-order valence-corrected chi connectivity index (χ4v) is 1.91. The van der Waals surface area contributed by atoms with Gasteiger partial charge in [-0.15, -0.1) is 0 Å². The van der Waals surface area contributed by atoms with Crippen molar-refractivity contribution >= 4 is 5.70 Å². The number of fused-ring (bicyclic) bond motifs is 1. The fourth-order valence-electron chi connectivity index (χ4n) is 1.91. The van der Waals surface area contributed by atoms with Gasteiger partial charge in [-0.3, -0.25) is 15.1 Å². The van der Waals surface area contributed by atoms with Crippen molar-refractivity contribution in [3.63, 3.8) is 0 Å². The Morgan fingerprint density at radius 3 is 3.00 bits per heavy atom. The molecule has 0 aliphatic carbocycles. The first-order valence-corrected chi connectivity index (χ1v) is 5.33. The minimum Gasteiger partial charge on any atom is -0.355 e. The third-order valence-electron chi connectivity index (χ3n) is 2.73. The number of rotatable bonds is 1. The maximum absolute atomic E-state index is 11.9. The molecule has 1 aliphatic heterocycles. The predicted octanol–water partition coefficient (Wildman–Crippen LogP) is -1.67. The van der Waals surface area contributed by atoms with Crippen molar-refractivity contribution in [2.24, 2.45) is 10.7 Å². The molecule has 0 saturated heterocycles. The molecule has 1 atom stereocenters. The van der Waals surface area contributed by atoms with Crippen LogP contribution >= 0.6 is 0 Å². The lowest BCUT2D eigenvalue weighted by Gasteiger charge is -2.17. The summed E-state index contributed by atoms with van der Waals surface area (Å²) in [6.45, 7) is 4.14. The Morgan fingerprint density at radius 1 is 1.71 bits per heavy atom. The van der Waals surface area contributed by atoms with Gasteiger partial charge >= 0.3 is 0 Å². The van der Waals surface area contributed by atoms with E-state index >= 15 is 0 Å². The highest BCUT2D eigenvalue weighted by molar-refractivity contribution is 5.42. The summed E-state index contributed by atoms with van der Waals surface area (Å²) >= 11 is 0. The van der Waals surface area contributed by atoms with Gasteiger partial charge in [0.15, 0.2) is 6.29 Å². The number of nitriles is 1. The van der Waals surface area contributed by atoms with Crippen LogP contribution in [0.1, 0.15) is 19.4 Å². The lowest BCUT2D eigenvalue weighted by atomic mass is 10.2. The Labute approximate surface area is 97.7 Å². The third kappa shape index (κ3) is 1.70. The summed E-state index contributed by atoms with van der Waals surface area (Å²) in [6.07, 6.45) is -0.548. The van der Waals surface area contributed by atoms with Crippen LogP contribution in [0.3, 0.4) is 0 Å². The lowest BCUT2D eigenvalue weighted by Crippen LogP contribution is -2.53. The van der Waals surface area contributed by atoms with Crippen molar-refractivity contribution in [1.82, 2.24) is 9.88 Å². The maximum atomic E-state index is 11.9. The average molecular weight is 231 g/mol. The molecule has 6 heteroatoms. The molecular weight excluding hydrogens is 218 g/mol. The molecule has 0 bridgehead atoms. The molecule has 0 spiro atoms. The molecule has 3 N–H and O–H groups in total. The van der Waals surface area contributed by atoms with Gasteiger partial charge in [-0.2, -0.15) is 5.26 Å². The molecule has 17 heavy (non-hydrogen) atoms. The van der Waals surface area contributed by atoms with Crippen LogP contribution in [-0.4, -0.2) is 10.9 Å². The Morgan fingerprint density at radius 2 is 2.41 bits per heavy atom. The molecule has 0 fully saturated rings. The minimum atomic E-state index is -0.548. The second kappa shape index (κ2) is 4.03. The molecule has 0 radical (unpaired) electrons. The van der Waals surface area contributed by atoms with Gasteiger partial charge in [-0.1, -0.05) is 0 Å². The van der Waals surface area contributed by atoms with E-state index in [-0.39, 0.29) is 11.1 Å². The standard InChI is InChI=1S/C11H13N5O/c1-3-16-9-8(4-7(5-12)10(16)17)6(2)14-11(13)15-9/h4,11,14H,3,13H2,1-2H3. The number of nitrogens with zero attached hydrogens (tertiary/aromatic N) is 3. The highest BCUT2D eigenvalue weighted by Crippen LogP contribution is 1.91. The molecule has 0 saturated carbocycles. The Hall–Kier alpha value is -2.13. The number of nitrogens with two attached hydrogens (primary N) is 1. The second-order valence-electron chi connectivity index (χ2n) is 3.80. The van der Waals surface area contributed by atoms with E-state index in [0.29, 0.717) is 12.0 Å². The van der Waals surface area contributed by atoms with Crippen LogP contribution < -0.4 is 27.3 Å². The van der Waals surface area contributed by atoms with Crippen LogP contribution in [0.2, 0.25) is 0 Å². The van der Waals surface area contributed by atoms with Crippen molar-refractivity contribution < 1.29 is 0 Å². The summed E-state index contributed by atoms with van der Waals surface area (Å²) < 4.78 is 1.47. The molecular formula is C11H13N5O. The van der Waals surface area contributed by atoms with E-state index in [1.54, 1.807) is 6.07 Å². The second-order valence-corrected chi connectivity index (χ2v) is 3.80. The highest BCUT2D eigenvalue weighted by Gasteiger charge is 2.13. The number of pyridine rings is 1. The summed E-state index contributed by atoms with van der Waals surface area (Å²) in [5, 5.41) is 12.6. The molecule has 1 unspecified atom stereocenters. The molecule has 1 aliphatic rings. The van der Waals surface area contributed by atoms with Gasteiger partial charge in [-0.25, -0.2) is 4.99 Å². The summed E-state index contributed by atoms with van der Waals surface area (Å²) in [6, 6.07) is 3.46. The Bertz CT molecular complexity index is 680. The lowest BCUT2D eigenvalue weighted by molar-refractivity contribution is 0.571. The average Bonchev–Trinajstić information content (AvgIpc) is 2.28. The van der Waals surface area contributed by atoms with Gasteiger partial charge < -0.3 is 5.32 Å². The quantitative estimate of drug-likeness (QED) is 0.604. The summed E-state index contributed by atoms with van der Waals surface area (Å²) in [4.78, 5) is 16.1. The van der Waals surface area contributed by atoms with Crippen LogP contribution in [0.15, 0.2) is 15.9 Å². The number of hydrogen-bond donors (Lipinski definition) is 2. The third-order valence-corrected chi connectivity index (χ3v) is 2.73. The minimum absolute atomic E-state index is 0.123. The zero-order valence-corrected chi connectivity index (χ0v) is 9.69. The fraction of sp³-hybridized carbons (Fsp3) is 0.364. The van der Waals surface area contributed by atoms with Crippen LogP contribution in [0.4, 0.5) is 0 Å². The van der Waals surface area contributed by atoms with Crippen molar-refractivity contribution in [3.8, 4) is 6.07 Å². The molecule has 0 aromatic carbocycles. The topological polar surface area (TPSA) is 96.2 Å². The zero-order chi connectivity index (χ0) is 12.6. The smallest absolute Gasteiger partial charge is 0.270 e. The summed E-state index contributed by atoms with van der Waals surface area (Å²) in [5.74, 6) is 0. The number of hydrogen-bond acceptors (Lipinski definition) is 5. The number of aromatic nitrogens is 1. The first kappa shape index (κ1) is 11.4. The van der Waals surface area contributed by atoms with Gasteiger partial charge in [0.25, 0.3) is 5.56 Å². The van der Waals surface area contributed by atoms with Crippen LogP contribution in [0.25, 0.3) is 5.70 Å². The van der Waals surface area contributed by atoms with Crippen molar-refractivity contribution in [1.29, 1.82) is 5.26 Å². The van der Waals surface area contributed by atoms with Gasteiger partial charge in [0.05, 0.1) is 0 Å². The van der Waals surface area contributed by atoms with Crippen LogP contribution in [-0.2, 0) is 6.54 Å². The van der Waals surface area contributed by atoms with E-state index in [4.69, 9.17) is 11.0 Å². The van der Waals surface area contributed by atoms with Gasteiger partial charge in [0.2, 0.25) is 0 Å². The van der Waals surface area contributed by atoms with Gasteiger partial charge in [0, 0.05) is 17.5 Å². The Kier molecular flexibility index (Phi) is 2.69. The molecule has 6 nitrogen and oxygen atoms in total. The molecule has 2 heterocycles. The van der Waals surface area contributed by atoms with E-state index in [2.05, 4.69) is 10.3 Å². The Balaban J connectivity index is 3.02. The van der Waals surface area contributed by atoms with Crippen LogP contribution in [0.5, 0.6) is 0 Å². The van der Waals surface area contributed by atoms with E-state index < -0.39 is 6.29 Å². The summed E-state index contributed by atoms with van der Waals surface area (Å²) in [7, 11) is 0. The number of nitrogens with one attached hydrogen (secondary N) is 1. The van der Waals surface area contributed by atoms with E-state index in [1.165, 1.54) is 4.57 Å². The molecule has 1 aromatic heterocycles. The first-order chi connectivity index (χ1) is 8.08. The van der Waals surface area contributed by atoms with Gasteiger partial charge in [0.1, 0.15) is 17.1 Å². The SMILES string of the molecule is CCn1c(=O)c(C#N)cc2c1=NC(N)NC=2C. The molecule has 2 rings (SSSR count). The van der Waals surface area contributed by atoms with Crippen LogP contribution in [0, 0.1) is 11.3 Å². The van der Waals surface area contributed by atoms with E-state index in [1.807, 2.05) is 19.9 Å². The highest BCUT2D eigenvalue weighted by atomic mass is 16.1. The zero-order valence-electron chi connectivity index (χ0n) is 9.69. The summed E-state index contributed by atoms with van der Waals surface area (Å²) in [5.41, 5.74) is 6.87. The van der Waals surface area contributed by atoms with Crippen molar-refractivity contribution in [2.75, 3.05) is 0 Å². The predicted molar refractivity (Wildman–Crippen MR) is 62.1 cm³/mol. The van der Waals surface area contributed by atoms with Crippen molar-refractivity contribution in [2.45, 2.75) is 26.7 Å². The molecule has 0 amide bonds. The molecule has 88 valence electrons. The largest absolute Gasteiger partial charge is 0.355 e. The van der Waals surface area contributed by atoms with Crippen molar-refractivity contribution in [3.05, 3.63) is 32.7 Å².